The fourth-order valence-electron chi connectivity index (χ4n) is 3.52. The highest BCUT2D eigenvalue weighted by Crippen LogP contribution is 2.27. The Morgan fingerprint density at radius 3 is 2.65 bits per heavy atom. The number of hydrogen-bond acceptors (Lipinski definition) is 5. The van der Waals surface area contributed by atoms with Gasteiger partial charge in [0, 0.05) is 17.9 Å². The molecule has 1 atom stereocenters. The fraction of sp³-hybridized carbons (Fsp3) is 0.348. The Morgan fingerprint density at radius 1 is 1.19 bits per heavy atom. The van der Waals surface area contributed by atoms with Crippen molar-refractivity contribution in [2.24, 2.45) is 0 Å². The SMILES string of the molecule is CCc1ccc(NC(=O)CSc2nnc(-c3ccc(F)cc3)n2C[C@@H]2CCCO2)cc1. The van der Waals surface area contributed by atoms with Crippen molar-refractivity contribution in [1.29, 1.82) is 0 Å². The number of hydrogen-bond donors (Lipinski definition) is 1. The van der Waals surface area contributed by atoms with Crippen LogP contribution in [0.4, 0.5) is 10.1 Å². The van der Waals surface area contributed by atoms with E-state index in [1.54, 1.807) is 12.1 Å². The maximum Gasteiger partial charge on any atom is 0.234 e. The number of amides is 1. The van der Waals surface area contributed by atoms with Crippen LogP contribution in [0.3, 0.4) is 0 Å². The Kier molecular flexibility index (Phi) is 6.99. The molecule has 1 aliphatic rings. The van der Waals surface area contributed by atoms with Crippen LogP contribution in [0.1, 0.15) is 25.3 Å². The van der Waals surface area contributed by atoms with Gasteiger partial charge in [0.25, 0.3) is 0 Å². The molecule has 0 bridgehead atoms. The van der Waals surface area contributed by atoms with Crippen LogP contribution in [0, 0.1) is 5.82 Å². The molecule has 2 heterocycles. The molecule has 1 saturated heterocycles. The van der Waals surface area contributed by atoms with E-state index >= 15 is 0 Å². The molecule has 1 amide bonds. The minimum atomic E-state index is -0.299. The third-order valence-electron chi connectivity index (χ3n) is 5.21. The van der Waals surface area contributed by atoms with Gasteiger partial charge in [-0.1, -0.05) is 30.8 Å². The van der Waals surface area contributed by atoms with Crippen molar-refractivity contribution in [3.63, 3.8) is 0 Å². The molecule has 162 valence electrons. The molecule has 31 heavy (non-hydrogen) atoms. The normalized spacial score (nSPS) is 15.9. The zero-order valence-corrected chi connectivity index (χ0v) is 18.2. The number of aryl methyl sites for hydroxylation is 1. The van der Waals surface area contributed by atoms with E-state index in [9.17, 15) is 9.18 Å². The molecule has 0 saturated carbocycles. The Labute approximate surface area is 185 Å². The molecule has 0 spiro atoms. The minimum Gasteiger partial charge on any atom is -0.376 e. The van der Waals surface area contributed by atoms with Gasteiger partial charge < -0.3 is 10.1 Å². The number of nitrogens with one attached hydrogen (secondary N) is 1. The van der Waals surface area contributed by atoms with E-state index in [4.69, 9.17) is 4.74 Å². The average molecular weight is 441 g/mol. The summed E-state index contributed by atoms with van der Waals surface area (Å²) in [5.74, 6) is 0.452. The second-order valence-electron chi connectivity index (χ2n) is 7.45. The number of ether oxygens (including phenoxy) is 1. The Balaban J connectivity index is 1.47. The number of halogens is 1. The van der Waals surface area contributed by atoms with Gasteiger partial charge in [-0.2, -0.15) is 0 Å². The first-order valence-corrected chi connectivity index (χ1v) is 11.4. The van der Waals surface area contributed by atoms with Crippen LogP contribution in [0.15, 0.2) is 53.7 Å². The van der Waals surface area contributed by atoms with Crippen LogP contribution in [-0.2, 0) is 22.5 Å². The topological polar surface area (TPSA) is 69.0 Å². The van der Waals surface area contributed by atoms with E-state index in [1.807, 2.05) is 28.8 Å². The summed E-state index contributed by atoms with van der Waals surface area (Å²) in [6.07, 6.45) is 3.04. The molecule has 1 aliphatic heterocycles. The number of aromatic nitrogens is 3. The number of nitrogens with zero attached hydrogens (tertiary/aromatic N) is 3. The predicted octanol–water partition coefficient (Wildman–Crippen LogP) is 4.56. The summed E-state index contributed by atoms with van der Waals surface area (Å²) in [6, 6.07) is 14.0. The summed E-state index contributed by atoms with van der Waals surface area (Å²) >= 11 is 1.33. The monoisotopic (exact) mass is 440 g/mol. The van der Waals surface area contributed by atoms with E-state index in [1.165, 1.54) is 29.5 Å². The van der Waals surface area contributed by atoms with Crippen LogP contribution >= 0.6 is 11.8 Å². The van der Waals surface area contributed by atoms with E-state index in [2.05, 4.69) is 22.4 Å². The molecule has 1 fully saturated rings. The van der Waals surface area contributed by atoms with E-state index in [-0.39, 0.29) is 23.6 Å². The maximum atomic E-state index is 13.4. The van der Waals surface area contributed by atoms with Gasteiger partial charge in [0.2, 0.25) is 5.91 Å². The quantitative estimate of drug-likeness (QED) is 0.520. The Morgan fingerprint density at radius 2 is 1.97 bits per heavy atom. The van der Waals surface area contributed by atoms with Crippen molar-refractivity contribution in [1.82, 2.24) is 14.8 Å². The number of anilines is 1. The van der Waals surface area contributed by atoms with Gasteiger partial charge >= 0.3 is 0 Å². The summed E-state index contributed by atoms with van der Waals surface area (Å²) in [5, 5.41) is 12.2. The summed E-state index contributed by atoms with van der Waals surface area (Å²) in [5.41, 5.74) is 2.78. The summed E-state index contributed by atoms with van der Waals surface area (Å²) in [7, 11) is 0. The molecular formula is C23H25FN4O2S. The van der Waals surface area contributed by atoms with Crippen molar-refractivity contribution < 1.29 is 13.9 Å². The third-order valence-corrected chi connectivity index (χ3v) is 6.17. The molecule has 0 aliphatic carbocycles. The zero-order valence-electron chi connectivity index (χ0n) is 17.4. The van der Waals surface area contributed by atoms with E-state index < -0.39 is 0 Å². The largest absolute Gasteiger partial charge is 0.376 e. The number of carbonyl (C=O) groups is 1. The first-order valence-electron chi connectivity index (χ1n) is 10.4. The first-order chi connectivity index (χ1) is 15.1. The van der Waals surface area contributed by atoms with Gasteiger partial charge in [0.05, 0.1) is 18.4 Å². The maximum absolute atomic E-state index is 13.4. The van der Waals surface area contributed by atoms with Crippen LogP contribution in [0.5, 0.6) is 0 Å². The Hall–Kier alpha value is -2.71. The highest BCUT2D eigenvalue weighted by molar-refractivity contribution is 7.99. The lowest BCUT2D eigenvalue weighted by Crippen LogP contribution is -2.18. The number of thioether (sulfide) groups is 1. The predicted molar refractivity (Wildman–Crippen MR) is 120 cm³/mol. The van der Waals surface area contributed by atoms with E-state index in [0.29, 0.717) is 17.5 Å². The lowest BCUT2D eigenvalue weighted by molar-refractivity contribution is -0.113. The smallest absolute Gasteiger partial charge is 0.234 e. The van der Waals surface area contributed by atoms with Gasteiger partial charge in [0.15, 0.2) is 11.0 Å². The van der Waals surface area contributed by atoms with Gasteiger partial charge in [-0.05, 0) is 61.2 Å². The fourth-order valence-corrected chi connectivity index (χ4v) is 4.26. The van der Waals surface area contributed by atoms with Gasteiger partial charge in [-0.15, -0.1) is 10.2 Å². The molecule has 1 aromatic heterocycles. The second-order valence-corrected chi connectivity index (χ2v) is 8.39. The summed E-state index contributed by atoms with van der Waals surface area (Å²) in [6.45, 7) is 3.44. The number of benzene rings is 2. The number of rotatable bonds is 8. The average Bonchev–Trinajstić information content (AvgIpc) is 3.44. The molecule has 4 rings (SSSR count). The summed E-state index contributed by atoms with van der Waals surface area (Å²) < 4.78 is 21.1. The molecule has 8 heteroatoms. The van der Waals surface area contributed by atoms with Crippen LogP contribution < -0.4 is 5.32 Å². The molecule has 1 N–H and O–H groups in total. The van der Waals surface area contributed by atoms with E-state index in [0.717, 1.165) is 37.1 Å². The second kappa shape index (κ2) is 10.1. The molecular weight excluding hydrogens is 415 g/mol. The molecule has 6 nitrogen and oxygen atoms in total. The van der Waals surface area contributed by atoms with Crippen LogP contribution in [0.2, 0.25) is 0 Å². The third kappa shape index (κ3) is 5.51. The van der Waals surface area contributed by atoms with Crippen molar-refractivity contribution in [3.8, 4) is 11.4 Å². The highest BCUT2D eigenvalue weighted by atomic mass is 32.2. The van der Waals surface area contributed by atoms with Gasteiger partial charge in [-0.25, -0.2) is 4.39 Å². The molecule has 0 unspecified atom stereocenters. The molecule has 0 radical (unpaired) electrons. The van der Waals surface area contributed by atoms with Crippen LogP contribution in [-0.4, -0.2) is 39.1 Å². The van der Waals surface area contributed by atoms with Gasteiger partial charge in [-0.3, -0.25) is 9.36 Å². The number of carbonyl (C=O) groups excluding carboxylic acids is 1. The lowest BCUT2D eigenvalue weighted by atomic mass is 10.1. The van der Waals surface area contributed by atoms with Crippen molar-refractivity contribution in [3.05, 3.63) is 59.9 Å². The van der Waals surface area contributed by atoms with Crippen molar-refractivity contribution >= 4 is 23.4 Å². The summed E-state index contributed by atoms with van der Waals surface area (Å²) in [4.78, 5) is 12.5. The first kappa shape index (κ1) is 21.5. The van der Waals surface area contributed by atoms with Crippen molar-refractivity contribution in [2.75, 3.05) is 17.7 Å². The zero-order chi connectivity index (χ0) is 21.6. The minimum absolute atomic E-state index is 0.0838. The van der Waals surface area contributed by atoms with Crippen molar-refractivity contribution in [2.45, 2.75) is 44.0 Å². The lowest BCUT2D eigenvalue weighted by Gasteiger charge is -2.14. The Bertz CT molecular complexity index is 1020. The van der Waals surface area contributed by atoms with Crippen LogP contribution in [0.25, 0.3) is 11.4 Å². The highest BCUT2D eigenvalue weighted by Gasteiger charge is 2.22. The van der Waals surface area contributed by atoms with Gasteiger partial charge in [0.1, 0.15) is 5.82 Å². The molecule has 3 aromatic rings. The molecule has 2 aromatic carbocycles. The standard InChI is InChI=1S/C23H25FN4O2S/c1-2-16-5-11-19(12-6-16)25-21(29)15-31-23-27-26-22(17-7-9-18(24)10-8-17)28(23)14-20-4-3-13-30-20/h5-12,20H,2-4,13-15H2,1H3,(H,25,29)/t20-/m0/s1.